The number of anilines is 1. The summed E-state index contributed by atoms with van der Waals surface area (Å²) >= 11 is 5.90. The van der Waals surface area contributed by atoms with E-state index in [1.807, 2.05) is 31.2 Å². The molecule has 1 atom stereocenters. The van der Waals surface area contributed by atoms with E-state index in [-0.39, 0.29) is 11.9 Å². The molecule has 23 heavy (non-hydrogen) atoms. The van der Waals surface area contributed by atoms with Gasteiger partial charge in [0.15, 0.2) is 6.04 Å². The first-order valence-electron chi connectivity index (χ1n) is 8.94. The number of nitrogens with two attached hydrogens (primary N) is 1. The molecule has 0 heterocycles. The summed E-state index contributed by atoms with van der Waals surface area (Å²) in [5.41, 5.74) is 1.16. The van der Waals surface area contributed by atoms with Crippen LogP contribution in [-0.4, -0.2) is 17.5 Å². The first kappa shape index (κ1) is 15.5. The maximum absolute atomic E-state index is 12.5. The van der Waals surface area contributed by atoms with Crippen LogP contribution in [0.3, 0.4) is 0 Å². The summed E-state index contributed by atoms with van der Waals surface area (Å²) < 4.78 is 0. The first-order valence-corrected chi connectivity index (χ1v) is 9.32. The lowest BCUT2D eigenvalue weighted by atomic mass is 9.53. The lowest BCUT2D eigenvalue weighted by molar-refractivity contribution is -0.754. The number of carbonyl (C=O) groups excluding carboxylic acids is 1. The normalized spacial score (nSPS) is 36.0. The van der Waals surface area contributed by atoms with Gasteiger partial charge in [0.25, 0.3) is 5.91 Å². The van der Waals surface area contributed by atoms with E-state index >= 15 is 0 Å². The number of hydrogen-bond acceptors (Lipinski definition) is 1. The van der Waals surface area contributed by atoms with Gasteiger partial charge in [0.05, 0.1) is 5.54 Å². The molecule has 1 aromatic rings. The zero-order chi connectivity index (χ0) is 16.0. The van der Waals surface area contributed by atoms with Crippen LogP contribution >= 0.6 is 11.6 Å². The Hall–Kier alpha value is -1.06. The number of benzene rings is 1. The number of amides is 1. The highest BCUT2D eigenvalue weighted by Gasteiger charge is 2.54. The number of nitrogens with one attached hydrogen (secondary N) is 1. The molecule has 0 aromatic heterocycles. The monoisotopic (exact) mass is 333 g/mol. The molecule has 0 unspecified atom stereocenters. The molecule has 4 heteroatoms. The SMILES string of the molecule is C[C@@H]([NH2+]C12CC3CC(CC(C3)C1)C2)C(=O)Nc1ccc(Cl)cc1. The fourth-order valence-electron chi connectivity index (χ4n) is 5.78. The van der Waals surface area contributed by atoms with Crippen LogP contribution < -0.4 is 10.6 Å². The van der Waals surface area contributed by atoms with Gasteiger partial charge in [0, 0.05) is 30.0 Å². The van der Waals surface area contributed by atoms with Gasteiger partial charge in [-0.15, -0.1) is 0 Å². The molecule has 4 fully saturated rings. The molecule has 0 spiro atoms. The summed E-state index contributed by atoms with van der Waals surface area (Å²) in [6.45, 7) is 2.05. The van der Waals surface area contributed by atoms with Gasteiger partial charge in [-0.05, 0) is 68.2 Å². The zero-order valence-corrected chi connectivity index (χ0v) is 14.5. The average molecular weight is 334 g/mol. The third kappa shape index (κ3) is 3.14. The van der Waals surface area contributed by atoms with Crippen LogP contribution in [0, 0.1) is 17.8 Å². The summed E-state index contributed by atoms with van der Waals surface area (Å²) in [6.07, 6.45) is 8.28. The molecule has 3 N–H and O–H groups in total. The summed E-state index contributed by atoms with van der Waals surface area (Å²) in [5, 5.41) is 6.11. The second-order valence-corrected chi connectivity index (χ2v) is 8.67. The van der Waals surface area contributed by atoms with E-state index in [1.165, 1.54) is 38.5 Å². The van der Waals surface area contributed by atoms with Gasteiger partial charge < -0.3 is 10.6 Å². The number of halogens is 1. The molecule has 124 valence electrons. The second-order valence-electron chi connectivity index (χ2n) is 8.23. The van der Waals surface area contributed by atoms with Crippen molar-refractivity contribution in [2.45, 2.75) is 57.0 Å². The number of carbonyl (C=O) groups is 1. The molecule has 4 aliphatic rings. The maximum atomic E-state index is 12.5. The van der Waals surface area contributed by atoms with Crippen molar-refractivity contribution >= 4 is 23.2 Å². The Kier molecular flexibility index (Phi) is 3.89. The van der Waals surface area contributed by atoms with Crippen LogP contribution in [0.5, 0.6) is 0 Å². The third-order valence-corrected chi connectivity index (χ3v) is 6.47. The fourth-order valence-corrected chi connectivity index (χ4v) is 5.90. The minimum atomic E-state index is -0.0399. The Balaban J connectivity index is 1.40. The Labute approximate surface area is 143 Å². The van der Waals surface area contributed by atoms with Crippen molar-refractivity contribution in [2.75, 3.05) is 5.32 Å². The van der Waals surface area contributed by atoms with Crippen LogP contribution in [0.1, 0.15) is 45.4 Å². The molecule has 4 saturated carbocycles. The van der Waals surface area contributed by atoms with Crippen LogP contribution in [-0.2, 0) is 4.79 Å². The quantitative estimate of drug-likeness (QED) is 0.873. The highest BCUT2D eigenvalue weighted by molar-refractivity contribution is 6.30. The lowest BCUT2D eigenvalue weighted by Crippen LogP contribution is -3.03. The van der Waals surface area contributed by atoms with E-state index in [0.717, 1.165) is 23.4 Å². The highest BCUT2D eigenvalue weighted by atomic mass is 35.5. The van der Waals surface area contributed by atoms with Gasteiger partial charge in [0.2, 0.25) is 0 Å². The summed E-state index contributed by atoms with van der Waals surface area (Å²) in [7, 11) is 0. The van der Waals surface area contributed by atoms with Crippen molar-refractivity contribution in [3.05, 3.63) is 29.3 Å². The molecule has 1 amide bonds. The number of rotatable bonds is 4. The molecule has 4 bridgehead atoms. The smallest absolute Gasteiger partial charge is 0.282 e. The molecular weight excluding hydrogens is 308 g/mol. The predicted molar refractivity (Wildman–Crippen MR) is 92.4 cm³/mol. The van der Waals surface area contributed by atoms with Crippen molar-refractivity contribution in [3.63, 3.8) is 0 Å². The van der Waals surface area contributed by atoms with Crippen LogP contribution in [0.2, 0.25) is 5.02 Å². The Bertz CT molecular complexity index is 563. The lowest BCUT2D eigenvalue weighted by Gasteiger charge is -2.55. The molecule has 0 radical (unpaired) electrons. The second kappa shape index (κ2) is 5.78. The average Bonchev–Trinajstić information content (AvgIpc) is 2.47. The predicted octanol–water partition coefficient (Wildman–Crippen LogP) is 3.20. The third-order valence-electron chi connectivity index (χ3n) is 6.21. The molecule has 4 aliphatic carbocycles. The molecule has 0 aliphatic heterocycles. The van der Waals surface area contributed by atoms with Crippen LogP contribution in [0.15, 0.2) is 24.3 Å². The number of hydrogen-bond donors (Lipinski definition) is 2. The maximum Gasteiger partial charge on any atom is 0.282 e. The van der Waals surface area contributed by atoms with Crippen molar-refractivity contribution in [1.82, 2.24) is 0 Å². The molecule has 5 rings (SSSR count). The van der Waals surface area contributed by atoms with Crippen molar-refractivity contribution in [2.24, 2.45) is 17.8 Å². The molecular formula is C19H26ClN2O+. The molecule has 0 saturated heterocycles. The molecule has 1 aromatic carbocycles. The van der Waals surface area contributed by atoms with E-state index in [9.17, 15) is 4.79 Å². The van der Waals surface area contributed by atoms with Crippen LogP contribution in [0.4, 0.5) is 5.69 Å². The van der Waals surface area contributed by atoms with E-state index in [1.54, 1.807) is 0 Å². The number of quaternary nitrogens is 1. The molecule has 3 nitrogen and oxygen atoms in total. The summed E-state index contributed by atoms with van der Waals surface area (Å²) in [6, 6.07) is 7.30. The van der Waals surface area contributed by atoms with Gasteiger partial charge in [-0.3, -0.25) is 4.79 Å². The Morgan fingerprint density at radius 2 is 1.65 bits per heavy atom. The van der Waals surface area contributed by atoms with Crippen LogP contribution in [0.25, 0.3) is 0 Å². The Morgan fingerprint density at radius 1 is 1.13 bits per heavy atom. The van der Waals surface area contributed by atoms with Gasteiger partial charge >= 0.3 is 0 Å². The standard InChI is InChI=1S/C19H25ClN2O/c1-12(18(23)21-17-4-2-16(20)3-5-17)22-19-9-13-6-14(10-19)8-15(7-13)11-19/h2-5,12-15,22H,6-11H2,1H3,(H,21,23)/p+1/t12-,13?,14?,15?,19?/m1/s1. The van der Waals surface area contributed by atoms with Gasteiger partial charge in [-0.25, -0.2) is 0 Å². The Morgan fingerprint density at radius 3 is 2.17 bits per heavy atom. The first-order chi connectivity index (χ1) is 11.0. The fraction of sp³-hybridized carbons (Fsp3) is 0.632. The highest BCUT2D eigenvalue weighted by Crippen LogP contribution is 2.54. The largest absolute Gasteiger partial charge is 0.331 e. The zero-order valence-electron chi connectivity index (χ0n) is 13.7. The van der Waals surface area contributed by atoms with E-state index in [0.29, 0.717) is 10.6 Å². The van der Waals surface area contributed by atoms with Gasteiger partial charge in [-0.1, -0.05) is 11.6 Å². The van der Waals surface area contributed by atoms with Gasteiger partial charge in [0.1, 0.15) is 0 Å². The van der Waals surface area contributed by atoms with E-state index in [2.05, 4.69) is 10.6 Å². The summed E-state index contributed by atoms with van der Waals surface area (Å²) in [4.78, 5) is 12.5. The van der Waals surface area contributed by atoms with Crippen molar-refractivity contribution in [1.29, 1.82) is 0 Å². The van der Waals surface area contributed by atoms with E-state index < -0.39 is 0 Å². The minimum absolute atomic E-state index is 0.0399. The van der Waals surface area contributed by atoms with Crippen molar-refractivity contribution in [3.8, 4) is 0 Å². The van der Waals surface area contributed by atoms with Gasteiger partial charge in [-0.2, -0.15) is 0 Å². The van der Waals surface area contributed by atoms with E-state index in [4.69, 9.17) is 11.6 Å². The minimum Gasteiger partial charge on any atom is -0.331 e. The van der Waals surface area contributed by atoms with Crippen molar-refractivity contribution < 1.29 is 10.1 Å². The summed E-state index contributed by atoms with van der Waals surface area (Å²) in [5.74, 6) is 2.86. The topological polar surface area (TPSA) is 45.7 Å².